The summed E-state index contributed by atoms with van der Waals surface area (Å²) in [5.74, 6) is 1.68. The molecule has 2 N–H and O–H groups in total. The molecule has 6 nitrogen and oxygen atoms in total. The predicted octanol–water partition coefficient (Wildman–Crippen LogP) is 4.74. The van der Waals surface area contributed by atoms with Crippen molar-refractivity contribution >= 4 is 33.3 Å². The van der Waals surface area contributed by atoms with E-state index in [4.69, 9.17) is 4.42 Å². The standard InChI is InChI=1S/C22H22N4O2S/c1-14(16-7-4-3-5-8-16)11-24-21(27)19-15(2)18-20(25-13-26-22(18)29-19)23-12-17-9-6-10-28-17/h3-10,13-14H,11-12H2,1-2H3,(H,24,27)(H,23,25,26)/t14-/m1/s1. The van der Waals surface area contributed by atoms with Gasteiger partial charge in [-0.15, -0.1) is 11.3 Å². The van der Waals surface area contributed by atoms with E-state index in [1.165, 1.54) is 23.2 Å². The molecule has 3 heterocycles. The maximum atomic E-state index is 12.8. The van der Waals surface area contributed by atoms with E-state index in [9.17, 15) is 4.79 Å². The molecule has 0 fully saturated rings. The first-order valence-electron chi connectivity index (χ1n) is 9.47. The van der Waals surface area contributed by atoms with Crippen LogP contribution in [-0.4, -0.2) is 22.4 Å². The monoisotopic (exact) mass is 406 g/mol. The van der Waals surface area contributed by atoms with E-state index in [0.29, 0.717) is 23.8 Å². The number of fused-ring (bicyclic) bond motifs is 1. The lowest BCUT2D eigenvalue weighted by molar-refractivity contribution is 0.0955. The van der Waals surface area contributed by atoms with Crippen LogP contribution in [0.1, 0.15) is 39.4 Å². The van der Waals surface area contributed by atoms with Gasteiger partial charge in [0, 0.05) is 6.54 Å². The highest BCUT2D eigenvalue weighted by molar-refractivity contribution is 7.20. The minimum absolute atomic E-state index is 0.0785. The van der Waals surface area contributed by atoms with Gasteiger partial charge in [-0.3, -0.25) is 4.79 Å². The smallest absolute Gasteiger partial charge is 0.261 e. The molecule has 7 heteroatoms. The Morgan fingerprint density at radius 3 is 2.76 bits per heavy atom. The molecule has 0 aliphatic rings. The number of hydrogen-bond donors (Lipinski definition) is 2. The van der Waals surface area contributed by atoms with Crippen molar-refractivity contribution in [2.45, 2.75) is 26.3 Å². The number of rotatable bonds is 7. The summed E-state index contributed by atoms with van der Waals surface area (Å²) in [7, 11) is 0. The summed E-state index contributed by atoms with van der Waals surface area (Å²) >= 11 is 1.39. The third-order valence-corrected chi connectivity index (χ3v) is 6.08. The van der Waals surface area contributed by atoms with Crippen molar-refractivity contribution in [1.82, 2.24) is 15.3 Å². The molecule has 148 valence electrons. The quantitative estimate of drug-likeness (QED) is 0.463. The van der Waals surface area contributed by atoms with E-state index in [0.717, 1.165) is 21.5 Å². The van der Waals surface area contributed by atoms with Gasteiger partial charge in [-0.1, -0.05) is 37.3 Å². The number of aryl methyl sites for hydroxylation is 1. The molecule has 4 aromatic rings. The molecule has 0 unspecified atom stereocenters. The average molecular weight is 407 g/mol. The van der Waals surface area contributed by atoms with Crippen LogP contribution in [0.15, 0.2) is 59.5 Å². The van der Waals surface area contributed by atoms with Crippen LogP contribution < -0.4 is 10.6 Å². The molecule has 1 aromatic carbocycles. The first-order chi connectivity index (χ1) is 14.1. The molecule has 0 saturated heterocycles. The number of nitrogens with one attached hydrogen (secondary N) is 2. The van der Waals surface area contributed by atoms with Gasteiger partial charge in [0.25, 0.3) is 5.91 Å². The summed E-state index contributed by atoms with van der Waals surface area (Å²) in [5.41, 5.74) is 2.09. The van der Waals surface area contributed by atoms with Crippen molar-refractivity contribution in [3.63, 3.8) is 0 Å². The summed E-state index contributed by atoms with van der Waals surface area (Å²) in [6, 6.07) is 13.9. The Morgan fingerprint density at radius 1 is 1.17 bits per heavy atom. The molecule has 0 spiro atoms. The fraction of sp³-hybridized carbons (Fsp3) is 0.227. The van der Waals surface area contributed by atoms with Crippen molar-refractivity contribution in [3.05, 3.63) is 76.8 Å². The molecule has 0 aliphatic heterocycles. The Kier molecular flexibility index (Phi) is 5.57. The number of hydrogen-bond acceptors (Lipinski definition) is 6. The van der Waals surface area contributed by atoms with Crippen molar-refractivity contribution < 1.29 is 9.21 Å². The fourth-order valence-electron chi connectivity index (χ4n) is 3.23. The summed E-state index contributed by atoms with van der Waals surface area (Å²) in [6.07, 6.45) is 3.16. The normalized spacial score (nSPS) is 12.1. The molecule has 3 aromatic heterocycles. The third kappa shape index (κ3) is 4.14. The van der Waals surface area contributed by atoms with Crippen LogP contribution in [0, 0.1) is 6.92 Å². The van der Waals surface area contributed by atoms with Crippen molar-refractivity contribution in [1.29, 1.82) is 0 Å². The van der Waals surface area contributed by atoms with Crippen molar-refractivity contribution in [3.8, 4) is 0 Å². The summed E-state index contributed by atoms with van der Waals surface area (Å²) in [4.78, 5) is 23.0. The first-order valence-corrected chi connectivity index (χ1v) is 10.3. The molecular weight excluding hydrogens is 384 g/mol. The van der Waals surface area contributed by atoms with Gasteiger partial charge < -0.3 is 15.1 Å². The van der Waals surface area contributed by atoms with E-state index < -0.39 is 0 Å². The molecular formula is C22H22N4O2S. The Labute approximate surface area is 173 Å². The fourth-order valence-corrected chi connectivity index (χ4v) is 4.30. The second-order valence-corrected chi connectivity index (χ2v) is 7.91. The number of aromatic nitrogens is 2. The van der Waals surface area contributed by atoms with E-state index in [2.05, 4.69) is 39.7 Å². The lowest BCUT2D eigenvalue weighted by Gasteiger charge is -2.12. The van der Waals surface area contributed by atoms with Gasteiger partial charge in [0.2, 0.25) is 0 Å². The van der Waals surface area contributed by atoms with E-state index in [1.54, 1.807) is 6.26 Å². The minimum Gasteiger partial charge on any atom is -0.467 e. The average Bonchev–Trinajstić information content (AvgIpc) is 3.39. The first kappa shape index (κ1) is 19.1. The van der Waals surface area contributed by atoms with Gasteiger partial charge in [0.05, 0.1) is 23.1 Å². The van der Waals surface area contributed by atoms with Crippen LogP contribution in [0.4, 0.5) is 5.82 Å². The van der Waals surface area contributed by atoms with Gasteiger partial charge in [0.15, 0.2) is 0 Å². The molecule has 0 radical (unpaired) electrons. The minimum atomic E-state index is -0.0785. The number of amides is 1. The highest BCUT2D eigenvalue weighted by Crippen LogP contribution is 2.33. The molecule has 1 atom stereocenters. The Hall–Kier alpha value is -3.19. The van der Waals surface area contributed by atoms with Crippen LogP contribution in [-0.2, 0) is 6.54 Å². The maximum absolute atomic E-state index is 12.8. The van der Waals surface area contributed by atoms with E-state index in [-0.39, 0.29) is 11.8 Å². The maximum Gasteiger partial charge on any atom is 0.261 e. The summed E-state index contributed by atoms with van der Waals surface area (Å²) in [5, 5.41) is 7.23. The highest BCUT2D eigenvalue weighted by atomic mass is 32.1. The second-order valence-electron chi connectivity index (χ2n) is 6.91. The zero-order valence-electron chi connectivity index (χ0n) is 16.3. The molecule has 29 heavy (non-hydrogen) atoms. The van der Waals surface area contributed by atoms with Gasteiger partial charge in [-0.25, -0.2) is 9.97 Å². The number of carbonyl (C=O) groups excluding carboxylic acids is 1. The second kappa shape index (κ2) is 8.45. The van der Waals surface area contributed by atoms with Crippen molar-refractivity contribution in [2.75, 3.05) is 11.9 Å². The summed E-state index contributed by atoms with van der Waals surface area (Å²) in [6.45, 7) is 5.14. The number of nitrogens with zero attached hydrogens (tertiary/aromatic N) is 2. The van der Waals surface area contributed by atoms with Gasteiger partial charge >= 0.3 is 0 Å². The SMILES string of the molecule is Cc1c(C(=O)NC[C@@H](C)c2ccccc2)sc2ncnc(NCc3ccco3)c12. The molecule has 4 rings (SSSR count). The lowest BCUT2D eigenvalue weighted by Crippen LogP contribution is -2.27. The Morgan fingerprint density at radius 2 is 2.00 bits per heavy atom. The highest BCUT2D eigenvalue weighted by Gasteiger charge is 2.20. The Bertz CT molecular complexity index is 1110. The largest absolute Gasteiger partial charge is 0.467 e. The zero-order valence-corrected chi connectivity index (χ0v) is 17.1. The molecule has 1 amide bonds. The molecule has 0 saturated carbocycles. The number of carbonyl (C=O) groups is 1. The van der Waals surface area contributed by atoms with Crippen molar-refractivity contribution in [2.24, 2.45) is 0 Å². The number of thiophene rings is 1. The van der Waals surface area contributed by atoms with Crippen LogP contribution in [0.3, 0.4) is 0 Å². The number of anilines is 1. The molecule has 0 bridgehead atoms. The third-order valence-electron chi connectivity index (χ3n) is 4.88. The number of furan rings is 1. The van der Waals surface area contributed by atoms with Crippen LogP contribution in [0.5, 0.6) is 0 Å². The molecule has 0 aliphatic carbocycles. The number of benzene rings is 1. The lowest BCUT2D eigenvalue weighted by atomic mass is 10.0. The van der Waals surface area contributed by atoms with Gasteiger partial charge in [-0.2, -0.15) is 0 Å². The Balaban J connectivity index is 1.51. The van der Waals surface area contributed by atoms with E-state index in [1.807, 2.05) is 37.3 Å². The topological polar surface area (TPSA) is 80.0 Å². The zero-order chi connectivity index (χ0) is 20.2. The van der Waals surface area contributed by atoms with Gasteiger partial charge in [0.1, 0.15) is 22.7 Å². The van der Waals surface area contributed by atoms with Crippen LogP contribution >= 0.6 is 11.3 Å². The van der Waals surface area contributed by atoms with Gasteiger partial charge in [-0.05, 0) is 36.1 Å². The summed E-state index contributed by atoms with van der Waals surface area (Å²) < 4.78 is 5.36. The predicted molar refractivity (Wildman–Crippen MR) is 115 cm³/mol. The van der Waals surface area contributed by atoms with Crippen LogP contribution in [0.25, 0.3) is 10.2 Å². The van der Waals surface area contributed by atoms with E-state index >= 15 is 0 Å². The van der Waals surface area contributed by atoms with Crippen LogP contribution in [0.2, 0.25) is 0 Å².